The molecular weight excluding hydrogens is 720 g/mol. The fraction of sp³-hybridized carbons (Fsp3) is 0.0233. The van der Waals surface area contributed by atoms with Crippen molar-refractivity contribution in [1.29, 1.82) is 0 Å². The van der Waals surface area contributed by atoms with Crippen LogP contribution in [0, 0.1) is 3.57 Å². The van der Waals surface area contributed by atoms with Gasteiger partial charge >= 0.3 is 278 Å². The van der Waals surface area contributed by atoms with Gasteiger partial charge in [0.1, 0.15) is 0 Å². The summed E-state index contributed by atoms with van der Waals surface area (Å²) in [6, 6.07) is 57.5. The van der Waals surface area contributed by atoms with E-state index >= 15 is 5.72 Å². The molecule has 0 saturated carbocycles. The van der Waals surface area contributed by atoms with Gasteiger partial charge in [-0.25, -0.2) is 0 Å². The predicted molar refractivity (Wildman–Crippen MR) is 207 cm³/mol. The summed E-state index contributed by atoms with van der Waals surface area (Å²) in [6.07, 6.45) is 0. The van der Waals surface area contributed by atoms with Crippen molar-refractivity contribution in [3.63, 3.8) is 0 Å². The minimum atomic E-state index is -5.66. The van der Waals surface area contributed by atoms with Crippen LogP contribution in [0.3, 0.4) is 0 Å². The van der Waals surface area contributed by atoms with Crippen LogP contribution in [0.5, 0.6) is 0 Å². The SMILES string of the molecule is FI(F)(=Nc1ccccc1)c1ccc2c(c1)c1cccc3c1n2-c1cccc2c1B3c1ccccc1C2(c1ccccc1)c1ccccc1. The van der Waals surface area contributed by atoms with Gasteiger partial charge in [-0.1, -0.05) is 12.1 Å². The van der Waals surface area contributed by atoms with Crippen molar-refractivity contribution < 1.29 is 5.72 Å². The van der Waals surface area contributed by atoms with Crippen LogP contribution in [0.2, 0.25) is 0 Å². The Labute approximate surface area is 288 Å². The molecule has 3 heterocycles. The van der Waals surface area contributed by atoms with Crippen LogP contribution < -0.4 is 16.4 Å². The Bertz CT molecular complexity index is 2610. The molecule has 234 valence electrons. The summed E-state index contributed by atoms with van der Waals surface area (Å²) in [5, 5.41) is 1.82. The van der Waals surface area contributed by atoms with Crippen molar-refractivity contribution in [2.45, 2.75) is 5.41 Å². The summed E-state index contributed by atoms with van der Waals surface area (Å²) in [7, 11) is 0. The molecule has 0 fully saturated rings. The Morgan fingerprint density at radius 3 is 1.90 bits per heavy atom. The van der Waals surface area contributed by atoms with Gasteiger partial charge in [-0.2, -0.15) is 0 Å². The number of aromatic nitrogens is 1. The Hall–Kier alpha value is -5.21. The van der Waals surface area contributed by atoms with E-state index in [1.165, 1.54) is 38.6 Å². The van der Waals surface area contributed by atoms with E-state index < -0.39 is 24.8 Å². The number of hydrogen-bond donors (Lipinski definition) is 0. The molecule has 2 aliphatic heterocycles. The fourth-order valence-electron chi connectivity index (χ4n) is 8.61. The number of hydrogen-bond acceptors (Lipinski definition) is 1. The van der Waals surface area contributed by atoms with E-state index in [0.717, 1.165) is 27.5 Å². The van der Waals surface area contributed by atoms with Crippen LogP contribution in [0.1, 0.15) is 22.3 Å². The van der Waals surface area contributed by atoms with E-state index in [1.807, 2.05) is 12.1 Å². The van der Waals surface area contributed by atoms with E-state index in [4.69, 9.17) is 0 Å². The summed E-state index contributed by atoms with van der Waals surface area (Å²) >= 11 is -5.66. The zero-order valence-electron chi connectivity index (χ0n) is 26.3. The van der Waals surface area contributed by atoms with Gasteiger partial charge in [-0.15, -0.1) is 0 Å². The van der Waals surface area contributed by atoms with Gasteiger partial charge in [0.2, 0.25) is 0 Å². The second-order valence-corrected chi connectivity index (χ2v) is 16.9. The van der Waals surface area contributed by atoms with Crippen molar-refractivity contribution in [3.05, 3.63) is 196 Å². The molecule has 0 bridgehead atoms. The summed E-state index contributed by atoms with van der Waals surface area (Å²) in [5.74, 6) is 0. The molecule has 0 saturated heterocycles. The summed E-state index contributed by atoms with van der Waals surface area (Å²) < 4.78 is 38.3. The van der Waals surface area contributed by atoms with Crippen LogP contribution >= 0.6 is 19.4 Å². The average molecular weight is 748 g/mol. The summed E-state index contributed by atoms with van der Waals surface area (Å²) in [5.41, 5.74) is 11.5. The molecule has 2 nitrogen and oxygen atoms in total. The second-order valence-electron chi connectivity index (χ2n) is 12.8. The zero-order valence-corrected chi connectivity index (χ0v) is 28.4. The third-order valence-corrected chi connectivity index (χ3v) is 13.8. The minimum absolute atomic E-state index is 0.0189. The predicted octanol–water partition coefficient (Wildman–Crippen LogP) is 9.81. The standard InChI is InChI=1S/C43H28BF2IN2/c45-47(46,48-32-18-8-3-9-19-32)31-26-27-39-34(28-31)33-20-12-24-38-42(33)49(39)40-25-13-22-36-41(40)44(38)37-23-11-10-21-35(37)43(36,29-14-4-1-5-15-29)30-16-6-2-7-17-30/h1-28H. The van der Waals surface area contributed by atoms with E-state index in [0.29, 0.717) is 5.69 Å². The molecule has 0 N–H and O–H groups in total. The molecule has 0 atom stereocenters. The Kier molecular flexibility index (Phi) is 6.25. The maximum absolute atomic E-state index is 15.9. The van der Waals surface area contributed by atoms with Crippen LogP contribution in [-0.4, -0.2) is 11.3 Å². The number of fused-ring (bicyclic) bond motifs is 7. The van der Waals surface area contributed by atoms with Gasteiger partial charge in [-0.3, -0.25) is 0 Å². The molecular formula is C43H28BF2IN2. The normalized spacial score (nSPS) is 14.4. The quantitative estimate of drug-likeness (QED) is 0.126. The van der Waals surface area contributed by atoms with Crippen molar-refractivity contribution in [3.8, 4) is 5.69 Å². The Balaban J connectivity index is 1.32. The van der Waals surface area contributed by atoms with Gasteiger partial charge in [0.25, 0.3) is 0 Å². The molecule has 0 aliphatic carbocycles. The molecule has 7 aromatic carbocycles. The van der Waals surface area contributed by atoms with Gasteiger partial charge in [-0.05, 0) is 0 Å². The van der Waals surface area contributed by atoms with Crippen molar-refractivity contribution in [2.24, 2.45) is 3.15 Å². The third kappa shape index (κ3) is 3.98. The van der Waals surface area contributed by atoms with E-state index in [9.17, 15) is 0 Å². The van der Waals surface area contributed by atoms with Crippen molar-refractivity contribution in [2.75, 3.05) is 0 Å². The molecule has 49 heavy (non-hydrogen) atoms. The summed E-state index contributed by atoms with van der Waals surface area (Å²) in [6.45, 7) is -0.0189. The van der Waals surface area contributed by atoms with Gasteiger partial charge in [0.05, 0.1) is 0 Å². The zero-order chi connectivity index (χ0) is 32.7. The van der Waals surface area contributed by atoms with Crippen LogP contribution in [-0.2, 0) is 5.41 Å². The van der Waals surface area contributed by atoms with E-state index in [2.05, 4.69) is 129 Å². The molecule has 10 rings (SSSR count). The number of para-hydroxylation sites is 1. The Morgan fingerprint density at radius 2 is 1.16 bits per heavy atom. The first kappa shape index (κ1) is 28.8. The Morgan fingerprint density at radius 1 is 0.551 bits per heavy atom. The molecule has 2 aliphatic rings. The number of benzene rings is 7. The van der Waals surface area contributed by atoms with E-state index in [-0.39, 0.29) is 10.3 Å². The monoisotopic (exact) mass is 748 g/mol. The first-order valence-electron chi connectivity index (χ1n) is 16.4. The summed E-state index contributed by atoms with van der Waals surface area (Å²) in [4.78, 5) is 0. The third-order valence-electron chi connectivity index (χ3n) is 10.4. The molecule has 0 spiro atoms. The molecule has 8 aromatic rings. The van der Waals surface area contributed by atoms with Crippen molar-refractivity contribution in [1.82, 2.24) is 4.57 Å². The first-order valence-corrected chi connectivity index (χ1v) is 20.1. The van der Waals surface area contributed by atoms with Crippen LogP contribution in [0.4, 0.5) is 11.4 Å². The maximum atomic E-state index is 15.9. The van der Waals surface area contributed by atoms with Crippen molar-refractivity contribution >= 4 is 70.0 Å². The van der Waals surface area contributed by atoms with E-state index in [1.54, 1.807) is 36.4 Å². The second kappa shape index (κ2) is 10.6. The molecule has 0 amide bonds. The van der Waals surface area contributed by atoms with Gasteiger partial charge in [0, 0.05) is 0 Å². The number of rotatable bonds is 4. The number of halogens is 3. The topological polar surface area (TPSA) is 17.3 Å². The first-order chi connectivity index (χ1) is 24.1. The fourth-order valence-corrected chi connectivity index (χ4v) is 11.2. The average Bonchev–Trinajstić information content (AvgIpc) is 3.49. The molecule has 0 unspecified atom stereocenters. The van der Waals surface area contributed by atoms with Gasteiger partial charge in [0.15, 0.2) is 0 Å². The van der Waals surface area contributed by atoms with Gasteiger partial charge < -0.3 is 0 Å². The molecule has 0 radical (unpaired) electrons. The molecule has 1 aromatic heterocycles. The number of nitrogens with zero attached hydrogens (tertiary/aromatic N) is 2. The van der Waals surface area contributed by atoms with Crippen LogP contribution in [0.15, 0.2) is 173 Å². The van der Waals surface area contributed by atoms with Crippen LogP contribution in [0.25, 0.3) is 27.5 Å². The molecule has 6 heteroatoms.